The Morgan fingerprint density at radius 2 is 1.62 bits per heavy atom. The summed E-state index contributed by atoms with van der Waals surface area (Å²) in [5.74, 6) is -1.04. The van der Waals surface area contributed by atoms with Crippen molar-refractivity contribution in [3.63, 3.8) is 0 Å². The maximum Gasteiger partial charge on any atom is 0.432 e. The Balaban J connectivity index is 1.67. The highest BCUT2D eigenvalue weighted by atomic mass is 35.5. The van der Waals surface area contributed by atoms with E-state index < -0.39 is 29.1 Å². The van der Waals surface area contributed by atoms with E-state index in [2.05, 4.69) is 4.98 Å². The molecule has 0 saturated heterocycles. The van der Waals surface area contributed by atoms with Crippen molar-refractivity contribution in [1.29, 1.82) is 0 Å². The minimum atomic E-state index is -4.80. The Bertz CT molecular complexity index is 1490. The third-order valence-electron chi connectivity index (χ3n) is 5.48. The lowest BCUT2D eigenvalue weighted by molar-refractivity contribution is -0.143. The van der Waals surface area contributed by atoms with Crippen molar-refractivity contribution in [2.75, 3.05) is 0 Å². The topological polar surface area (TPSA) is 48.0 Å². The molecule has 34 heavy (non-hydrogen) atoms. The largest absolute Gasteiger partial charge is 0.433 e. The summed E-state index contributed by atoms with van der Waals surface area (Å²) in [4.78, 5) is 17.4. The first-order chi connectivity index (χ1) is 16.3. The molecule has 170 valence electrons. The van der Waals surface area contributed by atoms with E-state index in [1.165, 1.54) is 12.3 Å². The van der Waals surface area contributed by atoms with Gasteiger partial charge in [-0.05, 0) is 23.8 Å². The number of para-hydroxylation sites is 1. The number of fused-ring (bicyclic) bond motifs is 1. The molecule has 0 aliphatic heterocycles. The molecule has 8 heteroatoms. The number of oxazole rings is 1. The van der Waals surface area contributed by atoms with Crippen molar-refractivity contribution in [2.45, 2.75) is 12.7 Å². The Morgan fingerprint density at radius 1 is 0.941 bits per heavy atom. The predicted octanol–water partition coefficient (Wildman–Crippen LogP) is 7.25. The Labute approximate surface area is 197 Å². The highest BCUT2D eigenvalue weighted by Crippen LogP contribution is 2.40. The number of rotatable bonds is 5. The minimum Gasteiger partial charge on any atom is -0.433 e. The third kappa shape index (κ3) is 3.99. The Kier molecular flexibility index (Phi) is 5.49. The second-order valence-corrected chi connectivity index (χ2v) is 8.11. The van der Waals surface area contributed by atoms with E-state index in [4.69, 9.17) is 16.0 Å². The van der Waals surface area contributed by atoms with Gasteiger partial charge in [0.2, 0.25) is 0 Å². The van der Waals surface area contributed by atoms with Crippen LogP contribution in [0.4, 0.5) is 13.2 Å². The van der Waals surface area contributed by atoms with Gasteiger partial charge in [0.25, 0.3) is 11.7 Å². The lowest BCUT2D eigenvalue weighted by Gasteiger charge is -2.14. The van der Waals surface area contributed by atoms with Crippen LogP contribution >= 0.6 is 11.6 Å². The van der Waals surface area contributed by atoms with E-state index in [0.29, 0.717) is 21.9 Å². The molecule has 4 nitrogen and oxygen atoms in total. The predicted molar refractivity (Wildman–Crippen MR) is 123 cm³/mol. The number of halogens is 4. The number of benzene rings is 3. The fraction of sp³-hybridized carbons (Fsp3) is 0.0769. The van der Waals surface area contributed by atoms with Gasteiger partial charge >= 0.3 is 6.18 Å². The van der Waals surface area contributed by atoms with Crippen LogP contribution in [0.25, 0.3) is 22.2 Å². The van der Waals surface area contributed by atoms with Gasteiger partial charge in [0.15, 0.2) is 5.76 Å². The lowest BCUT2D eigenvalue weighted by Crippen LogP contribution is -2.18. The number of hydrogen-bond donors (Lipinski definition) is 0. The first-order valence-electron chi connectivity index (χ1n) is 10.3. The average Bonchev–Trinajstić information content (AvgIpc) is 3.44. The molecule has 0 saturated carbocycles. The Morgan fingerprint density at radius 3 is 2.32 bits per heavy atom. The molecular weight excluding hydrogens is 465 g/mol. The van der Waals surface area contributed by atoms with Crippen molar-refractivity contribution in [3.05, 3.63) is 113 Å². The number of hydrogen-bond acceptors (Lipinski definition) is 3. The zero-order chi connectivity index (χ0) is 23.9. The summed E-state index contributed by atoms with van der Waals surface area (Å²) in [7, 11) is 0. The SMILES string of the molecule is O=C(c1ncc(-c2ccccc2)o1)c1c(C(F)(F)F)n(Cc2ccc(Cl)cc2)c2ccccc12. The van der Waals surface area contributed by atoms with Gasteiger partial charge in [-0.2, -0.15) is 13.2 Å². The molecule has 0 atom stereocenters. The Hall–Kier alpha value is -3.84. The average molecular weight is 481 g/mol. The van der Waals surface area contributed by atoms with Crippen LogP contribution in [0.5, 0.6) is 0 Å². The monoisotopic (exact) mass is 480 g/mol. The van der Waals surface area contributed by atoms with Crippen LogP contribution in [0, 0.1) is 0 Å². The van der Waals surface area contributed by atoms with Crippen LogP contribution in [-0.2, 0) is 12.7 Å². The molecule has 0 N–H and O–H groups in total. The third-order valence-corrected chi connectivity index (χ3v) is 5.73. The molecule has 2 heterocycles. The quantitative estimate of drug-likeness (QED) is 0.249. The number of nitrogens with zero attached hydrogens (tertiary/aromatic N) is 2. The molecule has 0 aliphatic rings. The van der Waals surface area contributed by atoms with E-state index in [-0.39, 0.29) is 17.4 Å². The highest BCUT2D eigenvalue weighted by molar-refractivity contribution is 6.30. The second kappa shape index (κ2) is 8.50. The molecule has 0 bridgehead atoms. The van der Waals surface area contributed by atoms with Gasteiger partial charge in [0.05, 0.1) is 11.8 Å². The highest BCUT2D eigenvalue weighted by Gasteiger charge is 2.42. The molecule has 0 unspecified atom stereocenters. The second-order valence-electron chi connectivity index (χ2n) is 7.68. The van der Waals surface area contributed by atoms with Crippen molar-refractivity contribution in [2.24, 2.45) is 0 Å². The van der Waals surface area contributed by atoms with E-state index in [0.717, 1.165) is 4.57 Å². The van der Waals surface area contributed by atoms with E-state index in [9.17, 15) is 18.0 Å². The van der Waals surface area contributed by atoms with Crippen molar-refractivity contribution >= 4 is 28.3 Å². The van der Waals surface area contributed by atoms with Crippen LogP contribution in [0.3, 0.4) is 0 Å². The van der Waals surface area contributed by atoms with Gasteiger partial charge in [-0.1, -0.05) is 72.3 Å². The molecule has 0 amide bonds. The van der Waals surface area contributed by atoms with Crippen molar-refractivity contribution in [3.8, 4) is 11.3 Å². The smallest absolute Gasteiger partial charge is 0.432 e. The number of carbonyl (C=O) groups excluding carboxylic acids is 1. The van der Waals surface area contributed by atoms with Crippen LogP contribution in [-0.4, -0.2) is 15.3 Å². The lowest BCUT2D eigenvalue weighted by atomic mass is 10.1. The number of carbonyl (C=O) groups is 1. The maximum absolute atomic E-state index is 14.4. The molecule has 0 aliphatic carbocycles. The van der Waals surface area contributed by atoms with Crippen molar-refractivity contribution in [1.82, 2.24) is 9.55 Å². The number of aromatic nitrogens is 2. The van der Waals surface area contributed by atoms with Gasteiger partial charge in [0, 0.05) is 28.0 Å². The van der Waals surface area contributed by atoms with E-state index in [1.807, 2.05) is 6.07 Å². The molecule has 0 spiro atoms. The van der Waals surface area contributed by atoms with Gasteiger partial charge in [-0.15, -0.1) is 0 Å². The zero-order valence-electron chi connectivity index (χ0n) is 17.5. The number of ketones is 1. The summed E-state index contributed by atoms with van der Waals surface area (Å²) in [6, 6.07) is 21.7. The summed E-state index contributed by atoms with van der Waals surface area (Å²) in [5, 5.41) is 0.652. The first kappa shape index (κ1) is 22.0. The van der Waals surface area contributed by atoms with Crippen molar-refractivity contribution < 1.29 is 22.4 Å². The van der Waals surface area contributed by atoms with Crippen LogP contribution in [0.15, 0.2) is 89.5 Å². The zero-order valence-corrected chi connectivity index (χ0v) is 18.3. The first-order valence-corrected chi connectivity index (χ1v) is 10.7. The van der Waals surface area contributed by atoms with Gasteiger partial charge in [-0.3, -0.25) is 4.79 Å². The molecule has 0 radical (unpaired) electrons. The minimum absolute atomic E-state index is 0.0966. The van der Waals surface area contributed by atoms with Gasteiger partial charge < -0.3 is 8.98 Å². The maximum atomic E-state index is 14.4. The molecule has 3 aromatic carbocycles. The summed E-state index contributed by atoms with van der Waals surface area (Å²) in [6.45, 7) is -0.0966. The van der Waals surface area contributed by atoms with Crippen LogP contribution < -0.4 is 0 Å². The van der Waals surface area contributed by atoms with Gasteiger partial charge in [-0.25, -0.2) is 4.98 Å². The molecule has 2 aromatic heterocycles. The summed E-state index contributed by atoms with van der Waals surface area (Å²) in [6.07, 6.45) is -3.46. The molecule has 0 fully saturated rings. The molecular formula is C26H16ClF3N2O2. The fourth-order valence-electron chi connectivity index (χ4n) is 3.99. The van der Waals surface area contributed by atoms with E-state index in [1.54, 1.807) is 66.7 Å². The summed E-state index contributed by atoms with van der Waals surface area (Å²) in [5.41, 5.74) is 0.0157. The van der Waals surface area contributed by atoms with E-state index >= 15 is 0 Å². The van der Waals surface area contributed by atoms with Crippen LogP contribution in [0.2, 0.25) is 5.02 Å². The fourth-order valence-corrected chi connectivity index (χ4v) is 4.11. The van der Waals surface area contributed by atoms with Crippen LogP contribution in [0.1, 0.15) is 27.5 Å². The molecule has 5 rings (SSSR count). The summed E-state index contributed by atoms with van der Waals surface area (Å²) < 4.78 is 49.9. The molecule has 5 aromatic rings. The summed E-state index contributed by atoms with van der Waals surface area (Å²) >= 11 is 5.92. The number of alkyl halides is 3. The van der Waals surface area contributed by atoms with Gasteiger partial charge in [0.1, 0.15) is 5.69 Å². The standard InChI is InChI=1S/C26H16ClF3N2O2/c27-18-12-10-16(11-13-18)15-32-20-9-5-4-8-19(20)22(24(32)26(28,29)30)23(33)25-31-14-21(34-25)17-6-2-1-3-7-17/h1-14H,15H2. The normalized spacial score (nSPS) is 11.8.